The number of alkyl halides is 3. The fourth-order valence-electron chi connectivity index (χ4n) is 3.12. The lowest BCUT2D eigenvalue weighted by atomic mass is 10.1. The summed E-state index contributed by atoms with van der Waals surface area (Å²) in [5.74, 6) is 0.119. The summed E-state index contributed by atoms with van der Waals surface area (Å²) < 4.78 is 39.0. The van der Waals surface area contributed by atoms with E-state index >= 15 is 0 Å². The molecule has 2 heterocycles. The monoisotopic (exact) mass is 450 g/mol. The van der Waals surface area contributed by atoms with Crippen LogP contribution >= 0.6 is 0 Å². The minimum atomic E-state index is -4.54. The van der Waals surface area contributed by atoms with Crippen LogP contribution in [-0.4, -0.2) is 25.8 Å². The van der Waals surface area contributed by atoms with Crippen LogP contribution in [0.5, 0.6) is 0 Å². The molecular formula is C23H17F3N6O. The van der Waals surface area contributed by atoms with E-state index in [0.29, 0.717) is 23.1 Å². The molecule has 0 bridgehead atoms. The number of halogens is 3. The summed E-state index contributed by atoms with van der Waals surface area (Å²) in [6.45, 7) is 1.86. The molecule has 0 aliphatic carbocycles. The van der Waals surface area contributed by atoms with E-state index in [1.54, 1.807) is 47.8 Å². The van der Waals surface area contributed by atoms with Crippen LogP contribution in [0.2, 0.25) is 0 Å². The molecule has 0 spiro atoms. The van der Waals surface area contributed by atoms with Gasteiger partial charge < -0.3 is 5.32 Å². The van der Waals surface area contributed by atoms with E-state index in [0.717, 1.165) is 17.7 Å². The molecule has 4 aromatic rings. The second-order valence-electron chi connectivity index (χ2n) is 6.98. The Kier molecular flexibility index (Phi) is 5.99. The molecule has 1 amide bonds. The number of carbonyl (C=O) groups excluding carboxylic acids is 1. The van der Waals surface area contributed by atoms with Crippen molar-refractivity contribution in [1.82, 2.24) is 19.9 Å². The smallest absolute Gasteiger partial charge is 0.322 e. The van der Waals surface area contributed by atoms with Crippen molar-refractivity contribution in [3.8, 4) is 0 Å². The number of aryl methyl sites for hydroxylation is 1. The average Bonchev–Trinajstić information content (AvgIpc) is 2.82. The summed E-state index contributed by atoms with van der Waals surface area (Å²) in [4.78, 5) is 31.4. The van der Waals surface area contributed by atoms with Crippen molar-refractivity contribution in [2.45, 2.75) is 13.1 Å². The number of aromatic nitrogens is 4. The quantitative estimate of drug-likeness (QED) is 0.443. The van der Waals surface area contributed by atoms with E-state index in [9.17, 15) is 18.0 Å². The van der Waals surface area contributed by atoms with Gasteiger partial charge in [-0.05, 0) is 48.9 Å². The largest absolute Gasteiger partial charge is 0.416 e. The predicted octanol–water partition coefficient (Wildman–Crippen LogP) is 5.32. The Morgan fingerprint density at radius 1 is 0.939 bits per heavy atom. The molecular weight excluding hydrogens is 433 g/mol. The van der Waals surface area contributed by atoms with Crippen molar-refractivity contribution in [2.24, 2.45) is 0 Å². The SMILES string of the molecule is Cc1ccc(NC(=O)c2cccc(C(F)(F)F)c2)cc1N(c1cnccn1)c1ncccn1. The molecule has 166 valence electrons. The molecule has 0 unspecified atom stereocenters. The summed E-state index contributed by atoms with van der Waals surface area (Å²) in [6.07, 6.45) is 3.23. The Morgan fingerprint density at radius 3 is 2.42 bits per heavy atom. The van der Waals surface area contributed by atoms with Gasteiger partial charge in [-0.2, -0.15) is 13.2 Å². The minimum Gasteiger partial charge on any atom is -0.322 e. The third-order valence-corrected chi connectivity index (χ3v) is 4.69. The first-order valence-corrected chi connectivity index (χ1v) is 9.75. The van der Waals surface area contributed by atoms with E-state index in [-0.39, 0.29) is 5.56 Å². The van der Waals surface area contributed by atoms with Crippen LogP contribution in [0, 0.1) is 6.92 Å². The summed E-state index contributed by atoms with van der Waals surface area (Å²) in [5.41, 5.74) is 0.815. The van der Waals surface area contributed by atoms with Crippen molar-refractivity contribution in [3.63, 3.8) is 0 Å². The summed E-state index contributed by atoms with van der Waals surface area (Å²) in [7, 11) is 0. The molecule has 0 saturated carbocycles. The summed E-state index contributed by atoms with van der Waals surface area (Å²) >= 11 is 0. The molecule has 2 aromatic carbocycles. The number of hydrogen-bond donors (Lipinski definition) is 1. The Balaban J connectivity index is 1.69. The number of hydrogen-bond acceptors (Lipinski definition) is 6. The number of nitrogens with one attached hydrogen (secondary N) is 1. The van der Waals surface area contributed by atoms with Gasteiger partial charge in [-0.1, -0.05) is 12.1 Å². The van der Waals surface area contributed by atoms with Crippen LogP contribution in [0.1, 0.15) is 21.5 Å². The van der Waals surface area contributed by atoms with Crippen LogP contribution in [-0.2, 0) is 6.18 Å². The van der Waals surface area contributed by atoms with E-state index < -0.39 is 17.6 Å². The highest BCUT2D eigenvalue weighted by Crippen LogP contribution is 2.34. The van der Waals surface area contributed by atoms with E-state index in [1.807, 2.05) is 6.92 Å². The fourth-order valence-corrected chi connectivity index (χ4v) is 3.12. The number of benzene rings is 2. The molecule has 10 heteroatoms. The zero-order chi connectivity index (χ0) is 23.4. The zero-order valence-corrected chi connectivity index (χ0v) is 17.3. The van der Waals surface area contributed by atoms with Gasteiger partial charge >= 0.3 is 6.18 Å². The number of anilines is 4. The van der Waals surface area contributed by atoms with Crippen molar-refractivity contribution < 1.29 is 18.0 Å². The van der Waals surface area contributed by atoms with Gasteiger partial charge in [-0.25, -0.2) is 15.0 Å². The van der Waals surface area contributed by atoms with Crippen molar-refractivity contribution in [3.05, 3.63) is 96.2 Å². The highest BCUT2D eigenvalue weighted by atomic mass is 19.4. The Bertz CT molecular complexity index is 1230. The molecule has 7 nitrogen and oxygen atoms in total. The lowest BCUT2D eigenvalue weighted by Crippen LogP contribution is -2.17. The van der Waals surface area contributed by atoms with Crippen molar-refractivity contribution >= 4 is 29.0 Å². The van der Waals surface area contributed by atoms with Crippen LogP contribution in [0.25, 0.3) is 0 Å². The summed E-state index contributed by atoms with van der Waals surface area (Å²) in [6, 6.07) is 11.0. The molecule has 0 radical (unpaired) electrons. The minimum absolute atomic E-state index is 0.107. The van der Waals surface area contributed by atoms with Gasteiger partial charge in [-0.15, -0.1) is 0 Å². The highest BCUT2D eigenvalue weighted by molar-refractivity contribution is 6.04. The molecule has 4 rings (SSSR count). The second kappa shape index (κ2) is 9.03. The number of amides is 1. The normalized spacial score (nSPS) is 11.2. The first-order valence-electron chi connectivity index (χ1n) is 9.75. The van der Waals surface area contributed by atoms with Gasteiger partial charge in [0.05, 0.1) is 17.4 Å². The number of nitrogens with zero attached hydrogens (tertiary/aromatic N) is 5. The predicted molar refractivity (Wildman–Crippen MR) is 116 cm³/mol. The van der Waals surface area contributed by atoms with E-state index in [4.69, 9.17) is 0 Å². The van der Waals surface area contributed by atoms with Crippen molar-refractivity contribution in [1.29, 1.82) is 0 Å². The van der Waals surface area contributed by atoms with Crippen molar-refractivity contribution in [2.75, 3.05) is 10.2 Å². The van der Waals surface area contributed by atoms with Gasteiger partial charge in [0.2, 0.25) is 5.95 Å². The first-order chi connectivity index (χ1) is 15.8. The van der Waals surface area contributed by atoms with Gasteiger partial charge in [-0.3, -0.25) is 14.7 Å². The van der Waals surface area contributed by atoms with Gasteiger partial charge in [0.25, 0.3) is 5.91 Å². The molecule has 0 atom stereocenters. The topological polar surface area (TPSA) is 83.9 Å². The molecule has 33 heavy (non-hydrogen) atoms. The maximum absolute atomic E-state index is 13.0. The number of rotatable bonds is 5. The average molecular weight is 450 g/mol. The standard InChI is InChI=1S/C23H17F3N6O/c1-15-6-7-18(31-21(33)16-4-2-5-17(12-16)23(24,25)26)13-19(15)32(20-14-27-10-11-28-20)22-29-8-3-9-30-22/h2-14H,1H3,(H,31,33). The molecule has 1 N–H and O–H groups in total. The van der Waals surface area contributed by atoms with E-state index in [1.165, 1.54) is 24.5 Å². The Labute approximate surface area is 187 Å². The summed E-state index contributed by atoms with van der Waals surface area (Å²) in [5, 5.41) is 2.65. The Morgan fingerprint density at radius 2 is 1.73 bits per heavy atom. The fraction of sp³-hybridized carbons (Fsp3) is 0.0870. The lowest BCUT2D eigenvalue weighted by molar-refractivity contribution is -0.137. The first kappa shape index (κ1) is 21.9. The molecule has 0 aliphatic rings. The zero-order valence-electron chi connectivity index (χ0n) is 17.3. The van der Waals surface area contributed by atoms with Crippen LogP contribution in [0.3, 0.4) is 0 Å². The van der Waals surface area contributed by atoms with Crippen LogP contribution < -0.4 is 10.2 Å². The van der Waals surface area contributed by atoms with Gasteiger partial charge in [0, 0.05) is 36.0 Å². The van der Waals surface area contributed by atoms with Gasteiger partial charge in [0.15, 0.2) is 5.82 Å². The third-order valence-electron chi connectivity index (χ3n) is 4.69. The maximum atomic E-state index is 13.0. The van der Waals surface area contributed by atoms with Gasteiger partial charge in [0.1, 0.15) is 0 Å². The second-order valence-corrected chi connectivity index (χ2v) is 6.98. The van der Waals surface area contributed by atoms with E-state index in [2.05, 4.69) is 25.3 Å². The van der Waals surface area contributed by atoms with Crippen LogP contribution in [0.4, 0.5) is 36.3 Å². The third kappa shape index (κ3) is 4.95. The lowest BCUT2D eigenvalue weighted by Gasteiger charge is -2.23. The molecule has 0 saturated heterocycles. The molecule has 2 aromatic heterocycles. The van der Waals surface area contributed by atoms with Crippen LogP contribution in [0.15, 0.2) is 79.5 Å². The highest BCUT2D eigenvalue weighted by Gasteiger charge is 2.31. The maximum Gasteiger partial charge on any atom is 0.416 e. The molecule has 0 aliphatic heterocycles. The number of carbonyl (C=O) groups is 1. The molecule has 0 fully saturated rings. The Hall–Kier alpha value is -4.34.